The highest BCUT2D eigenvalue weighted by Gasteiger charge is 2.14. The molecule has 1 aliphatic heterocycles. The van der Waals surface area contributed by atoms with Crippen LogP contribution in [0.4, 0.5) is 65.8 Å². The molecule has 14 aromatic heterocycles. The highest BCUT2D eigenvalue weighted by Crippen LogP contribution is 2.20. The largest absolute Gasteiger partial charge is 0.394 e. The highest BCUT2D eigenvalue weighted by atomic mass is 32.1. The molecule has 0 saturated carbocycles. The monoisotopic (exact) mass is 1750 g/mol. The van der Waals surface area contributed by atoms with Crippen LogP contribution in [0.25, 0.3) is 45.5 Å². The van der Waals surface area contributed by atoms with Crippen LogP contribution < -0.4 is 100 Å². The number of anilines is 10. The molecular weight excluding hydrogens is 1670 g/mol. The minimum atomic E-state index is -0.750. The van der Waals surface area contributed by atoms with Crippen LogP contribution >= 0.6 is 0 Å². The van der Waals surface area contributed by atoms with Crippen LogP contribution in [-0.2, 0) is 23.4 Å². The van der Waals surface area contributed by atoms with E-state index in [1.54, 1.807) is 194 Å². The molecule has 128 heavy (non-hydrogen) atoms. The molecule has 1 saturated heterocycles. The topological polar surface area (TPSA) is 516 Å². The van der Waals surface area contributed by atoms with E-state index in [4.69, 9.17) is 59.0 Å². The van der Waals surface area contributed by atoms with Gasteiger partial charge >= 0.3 is 11.6 Å². The van der Waals surface area contributed by atoms with Gasteiger partial charge in [-0.15, -0.1) is 0 Å². The van der Waals surface area contributed by atoms with Crippen LogP contribution in [0.15, 0.2) is 344 Å². The first-order valence-electron chi connectivity index (χ1n) is 38.4. The summed E-state index contributed by atoms with van der Waals surface area (Å²) in [6, 6.07) is 58.1. The average Bonchev–Trinajstić information content (AvgIpc) is 1.63. The van der Waals surface area contributed by atoms with Crippen molar-refractivity contribution in [3.05, 3.63) is 411 Å². The number of morpholine rings is 1. The maximum Gasteiger partial charge on any atom is 0.335 e. The fraction of sp³-hybridized carbons (Fsp3) is 0.101. The van der Waals surface area contributed by atoms with E-state index in [1.807, 2.05) is 106 Å². The number of halogens is 2. The van der Waals surface area contributed by atoms with Gasteiger partial charge in [0.1, 0.15) is 5.82 Å². The van der Waals surface area contributed by atoms with Gasteiger partial charge in [-0.1, -0.05) is 17.7 Å². The minimum absolute atomic E-state index is 0.120. The van der Waals surface area contributed by atoms with Crippen LogP contribution in [-0.4, -0.2) is 120 Å². The molecule has 0 unspecified atom stereocenters. The summed E-state index contributed by atoms with van der Waals surface area (Å²) in [5.41, 5.74) is 52.6. The van der Waals surface area contributed by atoms with Crippen molar-refractivity contribution in [2.75, 3.05) is 96.1 Å². The standard InChI is InChI=1S/C15H17N3O2.C12H14N4O.C12H12N2O.C11H11N3O.2C10H8FN3O.C10H9N3O.C9H10N4O.O2S/c16-14-2-1-7-18(15(14)19)13-5-3-12(4-6-13)17-8-10-20-11-9-17;1-15(2)11-6-5-9(8-14-11)16-7-3-4-10(13)12(16)17;1-9-4-6-10(7-5-9)14-8-2-3-11(13)12(14)15;1-8-4-5-9(7-13-8)14-6-2-3-10(12)11(14)15;11-9-6-7(3-4-13-9)14-5-1-2-8(12)10(14)15;11-9-4-3-7(6-13-9)14-5-1-2-8(12)10(14)15;11-9-2-1-7-13(10(9)14)8-3-5-12-6-4-8;1-12-6-7(5-11-12)13-4-2-3-8(10)9(13)14;1-3-2/h1-7H,8-11,16H2;3-8H,13H2,1-2H3;2-8H,13H2,1H3;2-7H,12H2,1H3;2*1-6H,12H2;1-7H,11H2;2-6H,10H2,1H3;. The molecule has 16 aromatic rings. The molecule has 36 nitrogen and oxygen atoms in total. The number of nitrogens with zero attached hydrogens (tertiary/aromatic N) is 17. The van der Waals surface area contributed by atoms with E-state index < -0.39 is 23.5 Å². The number of ether oxygens (including phenoxy) is 1. The number of pyridine rings is 13. The Labute approximate surface area is 731 Å². The third-order valence-electron chi connectivity index (χ3n) is 18.2. The number of aromatic nitrogens is 15. The number of nitrogens with two attached hydrogens (primary N) is 8. The maximum atomic E-state index is 12.8. The number of benzene rings is 2. The Balaban J connectivity index is 0.000000165. The number of hydrogen-bond donors (Lipinski definition) is 8. The molecule has 656 valence electrons. The van der Waals surface area contributed by atoms with Gasteiger partial charge in [0.2, 0.25) is 11.9 Å². The zero-order chi connectivity index (χ0) is 92.5. The molecule has 17 rings (SSSR count). The second-order valence-electron chi connectivity index (χ2n) is 27.3. The molecule has 0 atom stereocenters. The van der Waals surface area contributed by atoms with Crippen LogP contribution in [0.5, 0.6) is 0 Å². The summed E-state index contributed by atoms with van der Waals surface area (Å²) in [7, 11) is 5.62. The fourth-order valence-corrected chi connectivity index (χ4v) is 11.5. The van der Waals surface area contributed by atoms with Crippen molar-refractivity contribution in [2.45, 2.75) is 13.8 Å². The Morgan fingerprint density at radius 1 is 0.344 bits per heavy atom. The van der Waals surface area contributed by atoms with Crippen LogP contribution in [0.1, 0.15) is 11.3 Å². The van der Waals surface area contributed by atoms with E-state index in [-0.39, 0.29) is 90.0 Å². The molecule has 0 radical (unpaired) electrons. The Morgan fingerprint density at radius 2 is 0.656 bits per heavy atom. The normalized spacial score (nSPS) is 10.9. The Morgan fingerprint density at radius 3 is 0.984 bits per heavy atom. The van der Waals surface area contributed by atoms with E-state index in [0.717, 1.165) is 71.8 Å². The molecule has 1 fully saturated rings. The molecule has 2 aromatic carbocycles. The van der Waals surface area contributed by atoms with Crippen LogP contribution in [0.2, 0.25) is 0 Å². The summed E-state index contributed by atoms with van der Waals surface area (Å²) in [5.74, 6) is -0.386. The summed E-state index contributed by atoms with van der Waals surface area (Å²) in [5, 5.41) is 3.98. The summed E-state index contributed by atoms with van der Waals surface area (Å²) in [6.45, 7) is 7.22. The molecule has 0 aliphatic carbocycles. The summed E-state index contributed by atoms with van der Waals surface area (Å²) in [6.07, 6.45) is 25.7. The van der Waals surface area contributed by atoms with Crippen molar-refractivity contribution < 1.29 is 21.9 Å². The second kappa shape index (κ2) is 46.0. The predicted octanol–water partition coefficient (Wildman–Crippen LogP) is 7.19. The van der Waals surface area contributed by atoms with Crippen molar-refractivity contribution in [1.82, 2.24) is 71.2 Å². The lowest BCUT2D eigenvalue weighted by atomic mass is 10.2. The second-order valence-corrected chi connectivity index (χ2v) is 27.4. The molecule has 15 heterocycles. The van der Waals surface area contributed by atoms with Crippen molar-refractivity contribution in [1.29, 1.82) is 0 Å². The lowest BCUT2D eigenvalue weighted by Crippen LogP contribution is -2.36. The SMILES string of the molecule is CN(C)c1ccc(-n2cccc(N)c2=O)cn1.Cc1ccc(-n2cccc(N)c2=O)cc1.Cc1ccc(-n2cccc(N)c2=O)cn1.Cn1cc(-n2cccc(N)c2=O)cn1.Nc1cccn(-c2ccc(F)nc2)c1=O.Nc1cccn(-c2ccc(N3CCOCC3)cc2)c1=O.Nc1cccn(-c2ccnc(F)c2)c1=O.Nc1cccn(-c2ccncc2)c1=O.O=S=O. The summed E-state index contributed by atoms with van der Waals surface area (Å²) in [4.78, 5) is 117. The fourth-order valence-electron chi connectivity index (χ4n) is 11.5. The molecule has 16 N–H and O–H groups in total. The minimum Gasteiger partial charge on any atom is -0.394 e. The molecular formula is C89H89F2N25O11S. The number of rotatable bonds is 10. The number of hydrogen-bond acceptors (Lipinski definition) is 27. The molecule has 0 amide bonds. The van der Waals surface area contributed by atoms with E-state index in [0.29, 0.717) is 22.7 Å². The van der Waals surface area contributed by atoms with Crippen molar-refractivity contribution >= 4 is 68.6 Å². The van der Waals surface area contributed by atoms with E-state index in [9.17, 15) is 47.1 Å². The highest BCUT2D eigenvalue weighted by molar-refractivity contribution is 7.51. The van der Waals surface area contributed by atoms with Gasteiger partial charge < -0.3 is 60.4 Å². The van der Waals surface area contributed by atoms with Crippen LogP contribution in [0.3, 0.4) is 0 Å². The number of nitrogen functional groups attached to an aromatic ring is 8. The zero-order valence-corrected chi connectivity index (χ0v) is 70.4. The zero-order valence-electron chi connectivity index (χ0n) is 69.6. The van der Waals surface area contributed by atoms with Gasteiger partial charge in [-0.3, -0.25) is 89.5 Å². The first kappa shape index (κ1) is 94.5. The Kier molecular flexibility index (Phi) is 34.0. The van der Waals surface area contributed by atoms with E-state index in [2.05, 4.69) is 34.9 Å². The summed E-state index contributed by atoms with van der Waals surface area (Å²) >= 11 is -0.750. The van der Waals surface area contributed by atoms with Crippen molar-refractivity contribution in [2.24, 2.45) is 7.05 Å². The molecule has 39 heteroatoms. The van der Waals surface area contributed by atoms with Gasteiger partial charge in [-0.2, -0.15) is 22.3 Å². The first-order chi connectivity index (χ1) is 61.5. The Bertz CT molecular complexity index is 6700. The molecule has 0 bridgehead atoms. The van der Waals surface area contributed by atoms with Gasteiger partial charge in [-0.05, 0) is 202 Å². The third-order valence-corrected chi connectivity index (χ3v) is 18.2. The van der Waals surface area contributed by atoms with Gasteiger partial charge in [0.25, 0.3) is 44.5 Å². The quantitative estimate of drug-likeness (QED) is 0.0627. The van der Waals surface area contributed by atoms with Crippen LogP contribution in [0, 0.1) is 25.7 Å². The summed E-state index contributed by atoms with van der Waals surface area (Å²) < 4.78 is 60.5. The average molecular weight is 1750 g/mol. The van der Waals surface area contributed by atoms with Crippen molar-refractivity contribution in [3.63, 3.8) is 0 Å². The first-order valence-corrected chi connectivity index (χ1v) is 39.0. The third kappa shape index (κ3) is 26.1. The van der Waals surface area contributed by atoms with Gasteiger partial charge in [0.05, 0.1) is 118 Å². The van der Waals surface area contributed by atoms with E-state index >= 15 is 0 Å². The Hall–Kier alpha value is -17.4. The van der Waals surface area contributed by atoms with Gasteiger partial charge in [0, 0.05) is 137 Å². The van der Waals surface area contributed by atoms with Gasteiger partial charge in [0.15, 0.2) is 0 Å². The lowest BCUT2D eigenvalue weighted by Gasteiger charge is -2.28. The molecule has 0 spiro atoms. The lowest BCUT2D eigenvalue weighted by molar-refractivity contribution is 0.122. The van der Waals surface area contributed by atoms with E-state index in [1.165, 1.54) is 87.0 Å². The smallest absolute Gasteiger partial charge is 0.335 e. The van der Waals surface area contributed by atoms with Crippen molar-refractivity contribution in [3.8, 4) is 45.5 Å². The van der Waals surface area contributed by atoms with Gasteiger partial charge in [-0.25, -0.2) is 15.0 Å². The molecule has 1 aliphatic rings. The predicted molar refractivity (Wildman–Crippen MR) is 493 cm³/mol. The number of aryl methyl sites for hydroxylation is 3. The maximum absolute atomic E-state index is 12.8.